The molecule has 1 aromatic carbocycles. The molecule has 21 heavy (non-hydrogen) atoms. The molecular formula is C15H18Cl2N2O2. The highest BCUT2D eigenvalue weighted by molar-refractivity contribution is 6.36. The predicted octanol–water partition coefficient (Wildman–Crippen LogP) is 3.01. The lowest BCUT2D eigenvalue weighted by Crippen LogP contribution is -2.68. The van der Waals surface area contributed by atoms with Crippen molar-refractivity contribution in [2.75, 3.05) is 0 Å². The Kier molecular flexibility index (Phi) is 4.49. The summed E-state index contributed by atoms with van der Waals surface area (Å²) in [7, 11) is 0. The number of hydrogen-bond donors (Lipinski definition) is 1. The molecule has 4 nitrogen and oxygen atoms in total. The summed E-state index contributed by atoms with van der Waals surface area (Å²) < 4.78 is 0. The number of nitrogens with zero attached hydrogens (tertiary/aromatic N) is 1. The molecule has 0 aliphatic carbocycles. The minimum Gasteiger partial charge on any atom is -0.343 e. The number of amides is 2. The topological polar surface area (TPSA) is 49.4 Å². The lowest BCUT2D eigenvalue weighted by atomic mass is 9.90. The van der Waals surface area contributed by atoms with E-state index in [0.29, 0.717) is 22.0 Å². The first kappa shape index (κ1) is 16.1. The molecule has 1 saturated heterocycles. The molecule has 1 aromatic rings. The number of halogens is 2. The molecule has 1 aliphatic rings. The maximum Gasteiger partial charge on any atom is 0.246 e. The third-order valence-corrected chi connectivity index (χ3v) is 4.84. The van der Waals surface area contributed by atoms with Crippen LogP contribution in [0.3, 0.4) is 0 Å². The molecule has 0 radical (unpaired) electrons. The molecule has 6 heteroatoms. The van der Waals surface area contributed by atoms with Crippen molar-refractivity contribution < 1.29 is 9.59 Å². The molecule has 2 atom stereocenters. The molecule has 0 saturated carbocycles. The van der Waals surface area contributed by atoms with Crippen molar-refractivity contribution in [3.05, 3.63) is 33.8 Å². The largest absolute Gasteiger partial charge is 0.343 e. The molecule has 2 amide bonds. The van der Waals surface area contributed by atoms with Gasteiger partial charge in [0.1, 0.15) is 11.6 Å². The highest BCUT2D eigenvalue weighted by Crippen LogP contribution is 2.32. The number of carbonyl (C=O) groups is 2. The van der Waals surface area contributed by atoms with Gasteiger partial charge in [0.25, 0.3) is 0 Å². The second-order valence-corrected chi connectivity index (χ2v) is 6.26. The molecule has 0 spiro atoms. The van der Waals surface area contributed by atoms with Gasteiger partial charge in [-0.25, -0.2) is 0 Å². The van der Waals surface area contributed by atoms with Crippen molar-refractivity contribution in [3.8, 4) is 0 Å². The van der Waals surface area contributed by atoms with Gasteiger partial charge in [0.2, 0.25) is 11.8 Å². The van der Waals surface area contributed by atoms with E-state index >= 15 is 0 Å². The summed E-state index contributed by atoms with van der Waals surface area (Å²) in [5.41, 5.74) is -0.234. The van der Waals surface area contributed by atoms with Crippen molar-refractivity contribution in [3.63, 3.8) is 0 Å². The van der Waals surface area contributed by atoms with E-state index in [9.17, 15) is 9.59 Å². The Hall–Kier alpha value is -1.26. The van der Waals surface area contributed by atoms with E-state index in [4.69, 9.17) is 23.2 Å². The summed E-state index contributed by atoms with van der Waals surface area (Å²) in [4.78, 5) is 26.4. The Morgan fingerprint density at radius 1 is 1.29 bits per heavy atom. The highest BCUT2D eigenvalue weighted by atomic mass is 35.5. The number of nitrogens with one attached hydrogen (secondary N) is 1. The smallest absolute Gasteiger partial charge is 0.246 e. The van der Waals surface area contributed by atoms with Gasteiger partial charge < -0.3 is 10.2 Å². The molecule has 2 rings (SSSR count). The minimum atomic E-state index is -0.897. The Morgan fingerprint density at radius 2 is 1.86 bits per heavy atom. The van der Waals surface area contributed by atoms with Crippen LogP contribution in [0.2, 0.25) is 10.0 Å². The Labute approximate surface area is 134 Å². The fourth-order valence-electron chi connectivity index (χ4n) is 2.46. The fraction of sp³-hybridized carbons (Fsp3) is 0.467. The predicted molar refractivity (Wildman–Crippen MR) is 83.3 cm³/mol. The van der Waals surface area contributed by atoms with Crippen LogP contribution in [0, 0.1) is 0 Å². The second-order valence-electron chi connectivity index (χ2n) is 5.45. The number of carbonyl (C=O) groups excluding carboxylic acids is 2. The van der Waals surface area contributed by atoms with Crippen molar-refractivity contribution >= 4 is 35.0 Å². The number of piperazine rings is 1. The van der Waals surface area contributed by atoms with Crippen molar-refractivity contribution in [1.82, 2.24) is 10.2 Å². The molecule has 114 valence electrons. The zero-order chi connectivity index (χ0) is 15.8. The third kappa shape index (κ3) is 2.74. The van der Waals surface area contributed by atoms with Crippen LogP contribution in [0.5, 0.6) is 0 Å². The minimum absolute atomic E-state index is 0.130. The van der Waals surface area contributed by atoms with E-state index in [1.54, 1.807) is 36.9 Å². The van der Waals surface area contributed by atoms with Gasteiger partial charge in [-0.3, -0.25) is 9.59 Å². The van der Waals surface area contributed by atoms with E-state index in [1.165, 1.54) is 0 Å². The number of hydrogen-bond acceptors (Lipinski definition) is 2. The van der Waals surface area contributed by atoms with Crippen LogP contribution in [0.1, 0.15) is 32.8 Å². The van der Waals surface area contributed by atoms with Crippen LogP contribution >= 0.6 is 23.2 Å². The van der Waals surface area contributed by atoms with E-state index in [0.717, 1.165) is 0 Å². The second kappa shape index (κ2) is 5.85. The molecule has 1 heterocycles. The Balaban J connectivity index is 2.43. The van der Waals surface area contributed by atoms with Crippen molar-refractivity contribution in [2.24, 2.45) is 0 Å². The first-order valence-corrected chi connectivity index (χ1v) is 7.62. The lowest BCUT2D eigenvalue weighted by molar-refractivity contribution is -0.157. The lowest BCUT2D eigenvalue weighted by Gasteiger charge is -2.45. The van der Waals surface area contributed by atoms with Crippen molar-refractivity contribution in [1.29, 1.82) is 0 Å². The van der Waals surface area contributed by atoms with Gasteiger partial charge in [-0.2, -0.15) is 0 Å². The highest BCUT2D eigenvalue weighted by Gasteiger charge is 2.47. The number of benzene rings is 1. The van der Waals surface area contributed by atoms with E-state index < -0.39 is 11.6 Å². The van der Waals surface area contributed by atoms with Gasteiger partial charge in [-0.05, 0) is 32.4 Å². The SMILES string of the molecule is CCC1(C)C(=O)NC(C)C(=O)N1Cc1c(Cl)cccc1Cl. The Morgan fingerprint density at radius 3 is 2.38 bits per heavy atom. The van der Waals surface area contributed by atoms with E-state index in [2.05, 4.69) is 5.32 Å². The molecule has 0 bridgehead atoms. The first-order valence-electron chi connectivity index (χ1n) is 6.86. The van der Waals surface area contributed by atoms with E-state index in [-0.39, 0.29) is 18.4 Å². The quantitative estimate of drug-likeness (QED) is 0.927. The maximum atomic E-state index is 12.5. The van der Waals surface area contributed by atoms with Gasteiger partial charge in [0.15, 0.2) is 0 Å². The molecule has 1 N–H and O–H groups in total. The van der Waals surface area contributed by atoms with Crippen LogP contribution in [0.15, 0.2) is 18.2 Å². The van der Waals surface area contributed by atoms with Gasteiger partial charge in [-0.15, -0.1) is 0 Å². The van der Waals surface area contributed by atoms with Crippen LogP contribution in [-0.4, -0.2) is 28.3 Å². The molecule has 0 aromatic heterocycles. The molecule has 2 unspecified atom stereocenters. The summed E-state index contributed by atoms with van der Waals surface area (Å²) >= 11 is 12.4. The van der Waals surface area contributed by atoms with Crippen LogP contribution in [-0.2, 0) is 16.1 Å². The van der Waals surface area contributed by atoms with E-state index in [1.807, 2.05) is 6.92 Å². The van der Waals surface area contributed by atoms with Gasteiger partial charge in [0.05, 0.1) is 0 Å². The first-order chi connectivity index (χ1) is 9.81. The standard InChI is InChI=1S/C15H18Cl2N2O2/c1-4-15(3)14(21)18-9(2)13(20)19(15)8-10-11(16)6-5-7-12(10)17/h5-7,9H,4,8H2,1-3H3,(H,18,21). The zero-order valence-electron chi connectivity index (χ0n) is 12.2. The fourth-order valence-corrected chi connectivity index (χ4v) is 2.98. The van der Waals surface area contributed by atoms with Gasteiger partial charge in [0, 0.05) is 22.2 Å². The molecule has 1 aliphatic heterocycles. The van der Waals surface area contributed by atoms with Crippen LogP contribution in [0.4, 0.5) is 0 Å². The van der Waals surface area contributed by atoms with Gasteiger partial charge >= 0.3 is 0 Å². The Bertz CT molecular complexity index is 571. The van der Waals surface area contributed by atoms with Crippen molar-refractivity contribution in [2.45, 2.75) is 45.3 Å². The van der Waals surface area contributed by atoms with Crippen LogP contribution < -0.4 is 5.32 Å². The summed E-state index contributed by atoms with van der Waals surface area (Å²) in [5, 5.41) is 3.71. The summed E-state index contributed by atoms with van der Waals surface area (Å²) in [6.07, 6.45) is 0.513. The normalized spacial score (nSPS) is 26.0. The van der Waals surface area contributed by atoms with Gasteiger partial charge in [-0.1, -0.05) is 36.2 Å². The summed E-state index contributed by atoms with van der Waals surface area (Å²) in [6, 6.07) is 4.66. The molecular weight excluding hydrogens is 311 g/mol. The average Bonchev–Trinajstić information content (AvgIpc) is 2.44. The summed E-state index contributed by atoms with van der Waals surface area (Å²) in [6.45, 7) is 5.54. The third-order valence-electron chi connectivity index (χ3n) is 4.14. The number of rotatable bonds is 3. The molecule has 1 fully saturated rings. The average molecular weight is 329 g/mol. The monoisotopic (exact) mass is 328 g/mol. The van der Waals surface area contributed by atoms with Crippen LogP contribution in [0.25, 0.3) is 0 Å². The maximum absolute atomic E-state index is 12.5. The zero-order valence-corrected chi connectivity index (χ0v) is 13.8. The summed E-state index contributed by atoms with van der Waals surface area (Å²) in [5.74, 6) is -0.282.